The molecule has 2 rings (SSSR count). The summed E-state index contributed by atoms with van der Waals surface area (Å²) >= 11 is 5.35. The van der Waals surface area contributed by atoms with Crippen molar-refractivity contribution in [1.29, 1.82) is 0 Å². The molecule has 0 aliphatic carbocycles. The van der Waals surface area contributed by atoms with E-state index < -0.39 is 0 Å². The molecular formula is C9H6ClN3O2. The lowest BCUT2D eigenvalue weighted by molar-refractivity contribution is 0.0985. The maximum absolute atomic E-state index is 11.1. The Hall–Kier alpha value is -1.75. The minimum atomic E-state index is -0.385. The Bertz CT molecular complexity index is 469. The van der Waals surface area contributed by atoms with E-state index in [1.54, 1.807) is 24.5 Å². The number of hydrogen-bond donors (Lipinski definition) is 0. The quantitative estimate of drug-likeness (QED) is 0.583. The number of carbonyl (C=O) groups is 1. The zero-order valence-electron chi connectivity index (χ0n) is 7.55. The molecule has 0 atom stereocenters. The average Bonchev–Trinajstić information content (AvgIpc) is 2.78. The first-order chi connectivity index (χ1) is 7.31. The number of halogens is 1. The molecule has 0 unspecified atom stereocenters. The highest BCUT2D eigenvalue weighted by molar-refractivity contribution is 6.29. The molecule has 2 heterocycles. The standard InChI is InChI=1S/C9H6ClN3O2/c10-5-7(14)9-13-12-8(15-9)6-1-3-11-4-2-6/h1-4H,5H2. The van der Waals surface area contributed by atoms with E-state index in [4.69, 9.17) is 16.0 Å². The number of hydrogen-bond acceptors (Lipinski definition) is 5. The van der Waals surface area contributed by atoms with Gasteiger partial charge in [0.2, 0.25) is 11.7 Å². The van der Waals surface area contributed by atoms with Gasteiger partial charge in [0.15, 0.2) is 0 Å². The van der Waals surface area contributed by atoms with Crippen LogP contribution in [0, 0.1) is 0 Å². The van der Waals surface area contributed by atoms with Crippen molar-refractivity contribution in [2.45, 2.75) is 0 Å². The molecule has 0 radical (unpaired) electrons. The van der Waals surface area contributed by atoms with Gasteiger partial charge in [-0.25, -0.2) is 0 Å². The van der Waals surface area contributed by atoms with Gasteiger partial charge in [0.1, 0.15) is 0 Å². The van der Waals surface area contributed by atoms with E-state index >= 15 is 0 Å². The van der Waals surface area contributed by atoms with Gasteiger partial charge in [-0.05, 0) is 12.1 Å². The van der Waals surface area contributed by atoms with Crippen LogP contribution in [0.1, 0.15) is 10.7 Å². The molecule has 6 heteroatoms. The van der Waals surface area contributed by atoms with Crippen LogP contribution in [-0.4, -0.2) is 26.8 Å². The predicted molar refractivity (Wildman–Crippen MR) is 52.6 cm³/mol. The van der Waals surface area contributed by atoms with Crippen molar-refractivity contribution in [3.8, 4) is 11.5 Å². The number of alkyl halides is 1. The number of rotatable bonds is 3. The van der Waals surface area contributed by atoms with Gasteiger partial charge in [0.25, 0.3) is 5.89 Å². The molecule has 0 fully saturated rings. The van der Waals surface area contributed by atoms with Gasteiger partial charge >= 0.3 is 0 Å². The maximum atomic E-state index is 11.1. The van der Waals surface area contributed by atoms with Crippen molar-refractivity contribution in [3.05, 3.63) is 30.4 Å². The molecule has 2 aromatic rings. The van der Waals surface area contributed by atoms with Gasteiger partial charge in [-0.3, -0.25) is 9.78 Å². The highest BCUT2D eigenvalue weighted by Gasteiger charge is 2.14. The van der Waals surface area contributed by atoms with E-state index in [1.807, 2.05) is 0 Å². The molecule has 0 spiro atoms. The van der Waals surface area contributed by atoms with E-state index in [1.165, 1.54) is 0 Å². The first-order valence-electron chi connectivity index (χ1n) is 4.14. The smallest absolute Gasteiger partial charge is 0.285 e. The molecule has 0 amide bonds. The van der Waals surface area contributed by atoms with Crippen LogP contribution in [0.3, 0.4) is 0 Å². The lowest BCUT2D eigenvalue weighted by Gasteiger charge is -1.91. The largest absolute Gasteiger partial charge is 0.414 e. The fraction of sp³-hybridized carbons (Fsp3) is 0.111. The maximum Gasteiger partial charge on any atom is 0.285 e. The minimum absolute atomic E-state index is 0.0724. The van der Waals surface area contributed by atoms with Crippen molar-refractivity contribution < 1.29 is 9.21 Å². The van der Waals surface area contributed by atoms with Crippen molar-refractivity contribution in [3.63, 3.8) is 0 Å². The highest BCUT2D eigenvalue weighted by Crippen LogP contribution is 2.16. The summed E-state index contributed by atoms with van der Waals surface area (Å²) < 4.78 is 5.14. The van der Waals surface area contributed by atoms with E-state index in [0.717, 1.165) is 0 Å². The first kappa shape index (κ1) is 9.79. The van der Waals surface area contributed by atoms with Crippen LogP contribution in [0.5, 0.6) is 0 Å². The number of Topliss-reactive ketones (excluding diaryl/α,β-unsaturated/α-hetero) is 1. The topological polar surface area (TPSA) is 68.9 Å². The third-order valence-electron chi connectivity index (χ3n) is 1.71. The zero-order chi connectivity index (χ0) is 10.7. The van der Waals surface area contributed by atoms with Crippen LogP contribution in [-0.2, 0) is 0 Å². The summed E-state index contributed by atoms with van der Waals surface area (Å²) in [5.74, 6) is -0.343. The number of ketones is 1. The molecule has 0 saturated heterocycles. The van der Waals surface area contributed by atoms with Gasteiger partial charge in [0.05, 0.1) is 5.88 Å². The second-order valence-electron chi connectivity index (χ2n) is 2.71. The van der Waals surface area contributed by atoms with Gasteiger partial charge in [-0.2, -0.15) is 0 Å². The molecule has 5 nitrogen and oxygen atoms in total. The molecule has 0 saturated carbocycles. The molecule has 2 aromatic heterocycles. The lowest BCUT2D eigenvalue weighted by Crippen LogP contribution is -1.99. The van der Waals surface area contributed by atoms with Gasteiger partial charge < -0.3 is 4.42 Å². The second kappa shape index (κ2) is 4.18. The van der Waals surface area contributed by atoms with E-state index in [-0.39, 0.29) is 23.4 Å². The van der Waals surface area contributed by atoms with Gasteiger partial charge in [0, 0.05) is 18.0 Å². The third-order valence-corrected chi connectivity index (χ3v) is 1.95. The number of pyridine rings is 1. The Morgan fingerprint density at radius 2 is 2.07 bits per heavy atom. The molecule has 0 aromatic carbocycles. The predicted octanol–water partition coefficient (Wildman–Crippen LogP) is 1.55. The SMILES string of the molecule is O=C(CCl)c1nnc(-c2ccncc2)o1. The summed E-state index contributed by atoms with van der Waals surface area (Å²) in [6.07, 6.45) is 3.20. The van der Waals surface area contributed by atoms with Crippen LogP contribution < -0.4 is 0 Å². The fourth-order valence-electron chi connectivity index (χ4n) is 1.00. The van der Waals surface area contributed by atoms with Gasteiger partial charge in [-0.15, -0.1) is 21.8 Å². The highest BCUT2D eigenvalue weighted by atomic mass is 35.5. The average molecular weight is 224 g/mol. The van der Waals surface area contributed by atoms with Crippen molar-refractivity contribution in [2.24, 2.45) is 0 Å². The van der Waals surface area contributed by atoms with Crippen LogP contribution in [0.2, 0.25) is 0 Å². The van der Waals surface area contributed by atoms with Crippen LogP contribution in [0.15, 0.2) is 28.9 Å². The Morgan fingerprint density at radius 3 is 2.73 bits per heavy atom. The molecule has 0 bridgehead atoms. The zero-order valence-corrected chi connectivity index (χ0v) is 8.31. The lowest BCUT2D eigenvalue weighted by atomic mass is 10.3. The van der Waals surface area contributed by atoms with Gasteiger partial charge in [-0.1, -0.05) is 0 Å². The van der Waals surface area contributed by atoms with Crippen molar-refractivity contribution in [2.75, 3.05) is 5.88 Å². The second-order valence-corrected chi connectivity index (χ2v) is 2.97. The molecule has 76 valence electrons. The normalized spacial score (nSPS) is 10.2. The number of nitrogens with zero attached hydrogens (tertiary/aromatic N) is 3. The molecular weight excluding hydrogens is 218 g/mol. The van der Waals surface area contributed by atoms with Crippen molar-refractivity contribution in [1.82, 2.24) is 15.2 Å². The summed E-state index contributed by atoms with van der Waals surface area (Å²) in [7, 11) is 0. The van der Waals surface area contributed by atoms with E-state index in [0.29, 0.717) is 5.56 Å². The Balaban J connectivity index is 2.32. The summed E-state index contributed by atoms with van der Waals surface area (Å²) in [6.45, 7) is 0. The Kier molecular flexibility index (Phi) is 2.73. The molecule has 0 N–H and O–H groups in total. The van der Waals surface area contributed by atoms with Crippen molar-refractivity contribution >= 4 is 17.4 Å². The molecule has 0 aliphatic rings. The monoisotopic (exact) mass is 223 g/mol. The summed E-state index contributed by atoms with van der Waals surface area (Å²) in [5, 5.41) is 7.32. The summed E-state index contributed by atoms with van der Waals surface area (Å²) in [5.41, 5.74) is 0.714. The number of aromatic nitrogens is 3. The first-order valence-corrected chi connectivity index (χ1v) is 4.68. The van der Waals surface area contributed by atoms with E-state index in [2.05, 4.69) is 15.2 Å². The summed E-state index contributed by atoms with van der Waals surface area (Å²) in [4.78, 5) is 15.0. The number of carbonyl (C=O) groups excluding carboxylic acids is 1. The van der Waals surface area contributed by atoms with Crippen LogP contribution in [0.25, 0.3) is 11.5 Å². The molecule has 0 aliphatic heterocycles. The van der Waals surface area contributed by atoms with Crippen LogP contribution in [0.4, 0.5) is 0 Å². The third kappa shape index (κ3) is 2.02. The summed E-state index contributed by atoms with van der Waals surface area (Å²) in [6, 6.07) is 3.42. The Morgan fingerprint density at radius 1 is 1.33 bits per heavy atom. The van der Waals surface area contributed by atoms with E-state index in [9.17, 15) is 4.79 Å². The fourth-order valence-corrected chi connectivity index (χ4v) is 1.12. The van der Waals surface area contributed by atoms with Crippen LogP contribution >= 0.6 is 11.6 Å². The molecule has 15 heavy (non-hydrogen) atoms. The minimum Gasteiger partial charge on any atom is -0.414 e. The Labute approximate surface area is 90.1 Å².